The second-order valence-corrected chi connectivity index (χ2v) is 7.65. The average Bonchev–Trinajstić information content (AvgIpc) is 2.50. The Morgan fingerprint density at radius 1 is 0.960 bits per heavy atom. The van der Waals surface area contributed by atoms with Crippen molar-refractivity contribution in [3.63, 3.8) is 0 Å². The van der Waals surface area contributed by atoms with Gasteiger partial charge in [-0.25, -0.2) is 0 Å². The maximum Gasteiger partial charge on any atom is 0.324 e. The van der Waals surface area contributed by atoms with Gasteiger partial charge in [0.2, 0.25) is 0 Å². The summed E-state index contributed by atoms with van der Waals surface area (Å²) in [5, 5.41) is 9.72. The van der Waals surface area contributed by atoms with E-state index in [1.165, 1.54) is 16.7 Å². The fourth-order valence-corrected chi connectivity index (χ4v) is 2.99. The lowest BCUT2D eigenvalue weighted by molar-refractivity contribution is -0.150. The molecule has 0 aliphatic rings. The quantitative estimate of drug-likeness (QED) is 0.441. The average molecular weight is 350 g/mol. The SMILES string of the molecule is CCCC(CC=C(C)CCC=C(C)CCC=C(C)C)(C(=O)O)N(C)C. The molecule has 0 heterocycles. The Morgan fingerprint density at radius 2 is 1.48 bits per heavy atom. The maximum atomic E-state index is 11.8. The first-order valence-corrected chi connectivity index (χ1v) is 9.51. The van der Waals surface area contributed by atoms with Crippen LogP contribution in [0.3, 0.4) is 0 Å². The second-order valence-electron chi connectivity index (χ2n) is 7.65. The molecule has 0 saturated carbocycles. The van der Waals surface area contributed by atoms with Crippen molar-refractivity contribution in [1.29, 1.82) is 0 Å². The number of hydrogen-bond acceptors (Lipinski definition) is 2. The Bertz CT molecular complexity index is 496. The molecule has 1 atom stereocenters. The van der Waals surface area contributed by atoms with Gasteiger partial charge in [0.15, 0.2) is 0 Å². The molecule has 0 aromatic rings. The molecule has 0 aliphatic heterocycles. The molecule has 0 aliphatic carbocycles. The summed E-state index contributed by atoms with van der Waals surface area (Å²) in [6.07, 6.45) is 13.1. The predicted molar refractivity (Wildman–Crippen MR) is 109 cm³/mol. The van der Waals surface area contributed by atoms with Crippen molar-refractivity contribution in [2.24, 2.45) is 0 Å². The van der Waals surface area contributed by atoms with Crippen LogP contribution in [0.2, 0.25) is 0 Å². The minimum Gasteiger partial charge on any atom is -0.480 e. The summed E-state index contributed by atoms with van der Waals surface area (Å²) in [7, 11) is 3.73. The van der Waals surface area contributed by atoms with Gasteiger partial charge in [-0.05, 0) is 80.3 Å². The lowest BCUT2D eigenvalue weighted by atomic mass is 9.87. The predicted octanol–water partition coefficient (Wildman–Crippen LogP) is 5.98. The molecule has 0 aromatic carbocycles. The molecule has 3 heteroatoms. The molecular weight excluding hydrogens is 310 g/mol. The Morgan fingerprint density at radius 3 is 1.92 bits per heavy atom. The Balaban J connectivity index is 4.65. The van der Waals surface area contributed by atoms with E-state index < -0.39 is 11.5 Å². The molecule has 0 rings (SSSR count). The van der Waals surface area contributed by atoms with E-state index in [1.54, 1.807) is 0 Å². The number of allylic oxidation sites excluding steroid dienone is 5. The fourth-order valence-electron chi connectivity index (χ4n) is 2.99. The van der Waals surface area contributed by atoms with Crippen molar-refractivity contribution >= 4 is 5.97 Å². The molecule has 0 saturated heterocycles. The van der Waals surface area contributed by atoms with Crippen LogP contribution in [0.25, 0.3) is 0 Å². The molecule has 0 aromatic heterocycles. The Kier molecular flexibility index (Phi) is 11.4. The molecule has 0 radical (unpaired) electrons. The van der Waals surface area contributed by atoms with Crippen LogP contribution >= 0.6 is 0 Å². The van der Waals surface area contributed by atoms with Gasteiger partial charge < -0.3 is 5.11 Å². The van der Waals surface area contributed by atoms with Gasteiger partial charge in [0.1, 0.15) is 5.54 Å². The molecule has 0 spiro atoms. The molecule has 144 valence electrons. The zero-order chi connectivity index (χ0) is 19.5. The summed E-state index contributed by atoms with van der Waals surface area (Å²) in [6.45, 7) is 10.6. The molecule has 1 N–H and O–H groups in total. The van der Waals surface area contributed by atoms with Gasteiger partial charge in [0, 0.05) is 0 Å². The normalized spacial score (nSPS) is 15.2. The Labute approximate surface area is 155 Å². The van der Waals surface area contributed by atoms with E-state index in [0.29, 0.717) is 12.8 Å². The molecule has 0 fully saturated rings. The van der Waals surface area contributed by atoms with Crippen molar-refractivity contribution in [2.45, 2.75) is 85.1 Å². The standard InChI is InChI=1S/C22H39NO2/c1-8-16-22(21(24)25,23(6)7)17-15-20(5)14-10-13-19(4)12-9-11-18(2)3/h11,13,15H,8-10,12,14,16-17H2,1-7H3,(H,24,25). The van der Waals surface area contributed by atoms with Crippen molar-refractivity contribution < 1.29 is 9.90 Å². The largest absolute Gasteiger partial charge is 0.480 e. The van der Waals surface area contributed by atoms with Gasteiger partial charge >= 0.3 is 5.97 Å². The molecule has 3 nitrogen and oxygen atoms in total. The van der Waals surface area contributed by atoms with Crippen LogP contribution in [-0.2, 0) is 4.79 Å². The minimum atomic E-state index is -0.786. The van der Waals surface area contributed by atoms with Gasteiger partial charge in [-0.1, -0.05) is 48.3 Å². The zero-order valence-corrected chi connectivity index (χ0v) is 17.5. The smallest absolute Gasteiger partial charge is 0.324 e. The maximum absolute atomic E-state index is 11.8. The number of rotatable bonds is 12. The lowest BCUT2D eigenvalue weighted by Crippen LogP contribution is -2.50. The zero-order valence-electron chi connectivity index (χ0n) is 17.5. The summed E-state index contributed by atoms with van der Waals surface area (Å²) < 4.78 is 0. The number of nitrogens with zero attached hydrogens (tertiary/aromatic N) is 1. The molecule has 1 unspecified atom stereocenters. The van der Waals surface area contributed by atoms with Gasteiger partial charge in [0.05, 0.1) is 0 Å². The third-order valence-electron chi connectivity index (χ3n) is 4.83. The van der Waals surface area contributed by atoms with Crippen LogP contribution in [-0.4, -0.2) is 35.6 Å². The van der Waals surface area contributed by atoms with E-state index in [9.17, 15) is 9.90 Å². The van der Waals surface area contributed by atoms with E-state index >= 15 is 0 Å². The lowest BCUT2D eigenvalue weighted by Gasteiger charge is -2.35. The van der Waals surface area contributed by atoms with Crippen molar-refractivity contribution in [1.82, 2.24) is 4.90 Å². The van der Waals surface area contributed by atoms with E-state index in [1.807, 2.05) is 25.9 Å². The van der Waals surface area contributed by atoms with Crippen molar-refractivity contribution in [3.8, 4) is 0 Å². The van der Waals surface area contributed by atoms with Crippen LogP contribution in [0.1, 0.15) is 79.6 Å². The van der Waals surface area contributed by atoms with Crippen molar-refractivity contribution in [3.05, 3.63) is 34.9 Å². The Hall–Kier alpha value is -1.35. The van der Waals surface area contributed by atoms with Gasteiger partial charge in [-0.2, -0.15) is 0 Å². The molecule has 0 amide bonds. The van der Waals surface area contributed by atoms with E-state index in [2.05, 4.69) is 45.9 Å². The highest BCUT2D eigenvalue weighted by Gasteiger charge is 2.38. The summed E-state index contributed by atoms with van der Waals surface area (Å²) in [5.74, 6) is -0.724. The fraction of sp³-hybridized carbons (Fsp3) is 0.682. The van der Waals surface area contributed by atoms with Crippen LogP contribution < -0.4 is 0 Å². The summed E-state index contributed by atoms with van der Waals surface area (Å²) in [6, 6.07) is 0. The highest BCUT2D eigenvalue weighted by atomic mass is 16.4. The number of likely N-dealkylation sites (N-methyl/N-ethyl adjacent to an activating group) is 1. The second kappa shape index (κ2) is 12.1. The highest BCUT2D eigenvalue weighted by Crippen LogP contribution is 2.26. The first-order valence-electron chi connectivity index (χ1n) is 9.51. The van der Waals surface area contributed by atoms with Gasteiger partial charge in [-0.15, -0.1) is 0 Å². The summed E-state index contributed by atoms with van der Waals surface area (Å²) in [5.41, 5.74) is 3.30. The van der Waals surface area contributed by atoms with Crippen LogP contribution in [0.4, 0.5) is 0 Å². The third kappa shape index (κ3) is 9.06. The van der Waals surface area contributed by atoms with Crippen LogP contribution in [0, 0.1) is 0 Å². The van der Waals surface area contributed by atoms with E-state index in [4.69, 9.17) is 0 Å². The molecular formula is C22H39NO2. The van der Waals surface area contributed by atoms with Gasteiger partial charge in [-0.3, -0.25) is 9.69 Å². The number of carboxylic acids is 1. The molecule has 0 bridgehead atoms. The van der Waals surface area contributed by atoms with Crippen molar-refractivity contribution in [2.75, 3.05) is 14.1 Å². The highest BCUT2D eigenvalue weighted by molar-refractivity contribution is 5.79. The summed E-state index contributed by atoms with van der Waals surface area (Å²) in [4.78, 5) is 13.7. The summed E-state index contributed by atoms with van der Waals surface area (Å²) >= 11 is 0. The van der Waals surface area contributed by atoms with Gasteiger partial charge in [0.25, 0.3) is 0 Å². The number of carbonyl (C=O) groups is 1. The topological polar surface area (TPSA) is 40.5 Å². The minimum absolute atomic E-state index is 0.568. The molecule has 25 heavy (non-hydrogen) atoms. The number of hydrogen-bond donors (Lipinski definition) is 1. The number of carboxylic acid groups (broad SMARTS) is 1. The monoisotopic (exact) mass is 349 g/mol. The van der Waals surface area contributed by atoms with E-state index in [-0.39, 0.29) is 0 Å². The third-order valence-corrected chi connectivity index (χ3v) is 4.83. The first kappa shape index (κ1) is 23.6. The number of aliphatic carboxylic acids is 1. The first-order chi connectivity index (χ1) is 11.7. The van der Waals surface area contributed by atoms with Crippen LogP contribution in [0.15, 0.2) is 34.9 Å². The van der Waals surface area contributed by atoms with Crippen LogP contribution in [0.5, 0.6) is 0 Å². The van der Waals surface area contributed by atoms with E-state index in [0.717, 1.165) is 32.1 Å².